The molecule has 286 valence electrons. The number of fused-ring (bicyclic) bond motifs is 4. The lowest BCUT2D eigenvalue weighted by atomic mass is 9.52. The average Bonchev–Trinajstić information content (AvgIpc) is 3.20. The van der Waals surface area contributed by atoms with Crippen LogP contribution in [0.2, 0.25) is 5.02 Å². The Labute approximate surface area is 315 Å². The van der Waals surface area contributed by atoms with Crippen LogP contribution in [0.25, 0.3) is 0 Å². The van der Waals surface area contributed by atoms with Gasteiger partial charge in [-0.3, -0.25) is 9.52 Å². The zero-order chi connectivity index (χ0) is 37.2. The Bertz CT molecular complexity index is 1930. The summed E-state index contributed by atoms with van der Waals surface area (Å²) in [5, 5.41) is 3.51. The predicted molar refractivity (Wildman–Crippen MR) is 201 cm³/mol. The molecule has 2 heterocycles. The van der Waals surface area contributed by atoms with Gasteiger partial charge in [-0.2, -0.15) is 0 Å². The summed E-state index contributed by atoms with van der Waals surface area (Å²) in [6.45, 7) is 3.84. The molecule has 53 heavy (non-hydrogen) atoms. The molecule has 3 fully saturated rings. The summed E-state index contributed by atoms with van der Waals surface area (Å²) in [5.41, 5.74) is 2.83. The minimum absolute atomic E-state index is 0.0485. The van der Waals surface area contributed by atoms with Crippen molar-refractivity contribution >= 4 is 39.1 Å². The topological polar surface area (TPSA) is 109 Å². The second kappa shape index (κ2) is 13.8. The van der Waals surface area contributed by atoms with Crippen molar-refractivity contribution in [1.82, 2.24) is 10.0 Å². The highest BCUT2D eigenvalue weighted by Gasteiger charge is 2.62. The zero-order valence-electron chi connectivity index (χ0n) is 30.4. The summed E-state index contributed by atoms with van der Waals surface area (Å²) in [5.74, 6) is -2.22. The smallest absolute Gasteiger partial charge is 0.327 e. The summed E-state index contributed by atoms with van der Waals surface area (Å²) in [4.78, 5) is 29.6. The molecule has 2 aliphatic heterocycles. The average molecular weight is 771 g/mol. The van der Waals surface area contributed by atoms with Crippen LogP contribution in [-0.2, 0) is 26.5 Å². The molecule has 2 spiro atoms. The number of allylic oxidation sites excluding steroid dienone is 1. The van der Waals surface area contributed by atoms with Gasteiger partial charge in [0.2, 0.25) is 5.92 Å². The SMILES string of the molecule is CO[C@H]1/C=C/C[C@H](C)CS(=O)(NC(=O)NC2CC3(C2)CC(F)(F)C3)=NC(=O)c2ccc3c(c2)N(C[C@@H]2CC[C@H]21)C[C@@]1(CCCc2cc(Cl)ccc21)CO3. The van der Waals surface area contributed by atoms with Gasteiger partial charge in [-0.15, -0.1) is 4.36 Å². The lowest BCUT2D eigenvalue weighted by molar-refractivity contribution is -0.197. The lowest BCUT2D eigenvalue weighted by Gasteiger charge is -2.57. The molecular weight excluding hydrogens is 722 g/mol. The van der Waals surface area contributed by atoms with Crippen LogP contribution >= 0.6 is 11.6 Å². The molecule has 8 rings (SSSR count). The maximum Gasteiger partial charge on any atom is 0.327 e. The minimum Gasteiger partial charge on any atom is -0.490 e. The molecule has 3 amide bonds. The van der Waals surface area contributed by atoms with Gasteiger partial charge in [0.15, 0.2) is 0 Å². The normalized spacial score (nSPS) is 33.8. The van der Waals surface area contributed by atoms with E-state index in [1.165, 1.54) is 11.1 Å². The number of nitrogens with one attached hydrogen (secondary N) is 2. The molecule has 13 heteroatoms. The number of alkyl halides is 2. The standard InChI is InChI=1S/C40H49ClF2N4O5S/c1-25-5-3-7-34(51-2)31-11-8-28(31)19-47-23-39(14-4-6-26-15-29(41)10-12-32(26)39)24-52-35-13-9-27(16-33(35)47)36(48)45-53(50,20-25)46-37(49)44-30-17-38(18-30)21-40(42,43)22-38/h3,7,9-10,12-13,15-16,25,28,30-31,34H,4-6,8,11,14,17-24H2,1-2H3,(H2,44,45,46,48,49,50)/b7-3+/t25-,28-,31+,34-,39-,53?/m0/s1. The van der Waals surface area contributed by atoms with E-state index >= 15 is 0 Å². The van der Waals surface area contributed by atoms with Crippen LogP contribution in [0.3, 0.4) is 0 Å². The Hall–Kier alpha value is -3.22. The third-order valence-corrected chi connectivity index (χ3v) is 14.9. The van der Waals surface area contributed by atoms with Crippen LogP contribution in [0.4, 0.5) is 19.3 Å². The van der Waals surface area contributed by atoms with E-state index < -0.39 is 33.2 Å². The Kier molecular flexibility index (Phi) is 9.58. The molecule has 0 radical (unpaired) electrons. The van der Waals surface area contributed by atoms with Crippen LogP contribution in [0.5, 0.6) is 5.75 Å². The number of benzene rings is 2. The highest BCUT2D eigenvalue weighted by Crippen LogP contribution is 2.62. The number of nitrogens with zero attached hydrogens (tertiary/aromatic N) is 2. The second-order valence-corrected chi connectivity index (χ2v) is 19.3. The van der Waals surface area contributed by atoms with Gasteiger partial charge in [-0.25, -0.2) is 17.8 Å². The van der Waals surface area contributed by atoms with E-state index in [4.69, 9.17) is 21.1 Å². The van der Waals surface area contributed by atoms with E-state index in [1.807, 2.05) is 19.1 Å². The van der Waals surface area contributed by atoms with Gasteiger partial charge in [0.05, 0.1) is 24.2 Å². The van der Waals surface area contributed by atoms with Crippen LogP contribution in [0.15, 0.2) is 52.9 Å². The number of aryl methyl sites for hydroxylation is 1. The Morgan fingerprint density at radius 2 is 1.96 bits per heavy atom. The second-order valence-electron chi connectivity index (χ2n) is 16.9. The number of carbonyl (C=O) groups is 2. The van der Waals surface area contributed by atoms with Crippen LogP contribution in [-0.4, -0.2) is 66.8 Å². The van der Waals surface area contributed by atoms with Crippen LogP contribution < -0.4 is 19.7 Å². The van der Waals surface area contributed by atoms with Gasteiger partial charge < -0.3 is 19.7 Å². The number of halogens is 3. The van der Waals surface area contributed by atoms with Crippen molar-refractivity contribution < 1.29 is 32.1 Å². The molecule has 2 aromatic carbocycles. The fraction of sp³-hybridized carbons (Fsp3) is 0.600. The first-order valence-corrected chi connectivity index (χ1v) is 21.1. The molecule has 2 bridgehead atoms. The van der Waals surface area contributed by atoms with Gasteiger partial charge in [0, 0.05) is 55.1 Å². The first-order chi connectivity index (χ1) is 25.3. The van der Waals surface area contributed by atoms with E-state index in [0.717, 1.165) is 49.4 Å². The van der Waals surface area contributed by atoms with E-state index in [1.54, 1.807) is 25.3 Å². The molecule has 0 aromatic heterocycles. The largest absolute Gasteiger partial charge is 0.490 e. The van der Waals surface area contributed by atoms with E-state index in [9.17, 15) is 22.6 Å². The number of rotatable bonds is 3. The highest BCUT2D eigenvalue weighted by molar-refractivity contribution is 7.92. The number of amides is 3. The molecule has 6 atom stereocenters. The van der Waals surface area contributed by atoms with Crippen LogP contribution in [0.1, 0.15) is 86.2 Å². The Morgan fingerprint density at radius 3 is 2.70 bits per heavy atom. The van der Waals surface area contributed by atoms with Gasteiger partial charge in [-0.1, -0.05) is 36.7 Å². The molecular formula is C40H49ClF2N4O5S. The van der Waals surface area contributed by atoms with Crippen molar-refractivity contribution in [1.29, 1.82) is 0 Å². The van der Waals surface area contributed by atoms with Crippen molar-refractivity contribution in [3.05, 3.63) is 70.3 Å². The van der Waals surface area contributed by atoms with Crippen molar-refractivity contribution in [2.75, 3.05) is 37.5 Å². The maximum atomic E-state index is 14.5. The van der Waals surface area contributed by atoms with Crippen LogP contribution in [0, 0.1) is 23.2 Å². The molecule has 1 unspecified atom stereocenters. The zero-order valence-corrected chi connectivity index (χ0v) is 32.0. The highest BCUT2D eigenvalue weighted by atomic mass is 35.5. The molecule has 6 aliphatic rings. The summed E-state index contributed by atoms with van der Waals surface area (Å²) < 4.78 is 61.0. The van der Waals surface area contributed by atoms with Crippen molar-refractivity contribution in [3.8, 4) is 5.75 Å². The summed E-state index contributed by atoms with van der Waals surface area (Å²) in [6.07, 6.45) is 10.2. The summed E-state index contributed by atoms with van der Waals surface area (Å²) in [7, 11) is -1.85. The molecule has 2 aromatic rings. The first-order valence-electron chi connectivity index (χ1n) is 19.0. The fourth-order valence-corrected chi connectivity index (χ4v) is 12.2. The van der Waals surface area contributed by atoms with E-state index in [2.05, 4.69) is 37.5 Å². The van der Waals surface area contributed by atoms with E-state index in [-0.39, 0.29) is 47.6 Å². The summed E-state index contributed by atoms with van der Waals surface area (Å²) in [6, 6.07) is 10.4. The van der Waals surface area contributed by atoms with Gasteiger partial charge in [0.1, 0.15) is 15.7 Å². The first kappa shape index (κ1) is 36.7. The van der Waals surface area contributed by atoms with E-state index in [0.29, 0.717) is 50.0 Å². The summed E-state index contributed by atoms with van der Waals surface area (Å²) >= 11 is 6.45. The predicted octanol–water partition coefficient (Wildman–Crippen LogP) is 7.85. The van der Waals surface area contributed by atoms with Gasteiger partial charge in [-0.05, 0) is 116 Å². The third-order valence-electron chi connectivity index (χ3n) is 12.7. The van der Waals surface area contributed by atoms with Gasteiger partial charge >= 0.3 is 6.03 Å². The number of carbonyl (C=O) groups excluding carboxylic acids is 2. The van der Waals surface area contributed by atoms with Crippen molar-refractivity contribution in [3.63, 3.8) is 0 Å². The number of hydrogen-bond acceptors (Lipinski definition) is 6. The Morgan fingerprint density at radius 1 is 1.15 bits per heavy atom. The lowest BCUT2D eigenvalue weighted by Crippen LogP contribution is -2.61. The molecule has 3 saturated carbocycles. The molecule has 9 nitrogen and oxygen atoms in total. The molecule has 4 aliphatic carbocycles. The molecule has 2 N–H and O–H groups in total. The third kappa shape index (κ3) is 7.32. The number of anilines is 1. The number of ether oxygens (including phenoxy) is 2. The quantitative estimate of drug-likeness (QED) is 0.308. The monoisotopic (exact) mass is 770 g/mol. The molecule has 0 saturated heterocycles. The number of urea groups is 1. The van der Waals surface area contributed by atoms with Crippen molar-refractivity contribution in [2.45, 2.75) is 94.6 Å². The maximum absolute atomic E-state index is 14.5. The van der Waals surface area contributed by atoms with Crippen molar-refractivity contribution in [2.24, 2.45) is 27.5 Å². The number of hydrogen-bond donors (Lipinski definition) is 2. The fourth-order valence-electron chi connectivity index (χ4n) is 10.1. The number of methoxy groups -OCH3 is 1. The van der Waals surface area contributed by atoms with Gasteiger partial charge in [0.25, 0.3) is 5.91 Å². The minimum atomic E-state index is -3.59. The Balaban J connectivity index is 1.12.